The van der Waals surface area contributed by atoms with Crippen LogP contribution in [0.25, 0.3) is 0 Å². The van der Waals surface area contributed by atoms with Gasteiger partial charge in [0.25, 0.3) is 17.5 Å². The van der Waals surface area contributed by atoms with Crippen LogP contribution in [0.1, 0.15) is 30.6 Å². The number of nitrogens with one attached hydrogen (secondary N) is 1. The SMILES string of the molecule is C[C@@H]1C[C@H](C)CN(C(=O)COC(=O)CNC(=O)c2ccc(Cl)c([N+](=O)[O-])c2)C1. The van der Waals surface area contributed by atoms with Gasteiger partial charge >= 0.3 is 5.97 Å². The molecule has 1 saturated heterocycles. The Kier molecular flexibility index (Phi) is 7.33. The molecule has 1 aromatic carbocycles. The molecule has 0 radical (unpaired) electrons. The van der Waals surface area contributed by atoms with Crippen molar-refractivity contribution >= 4 is 35.1 Å². The molecule has 152 valence electrons. The zero-order valence-corrected chi connectivity index (χ0v) is 16.4. The van der Waals surface area contributed by atoms with Crippen LogP contribution >= 0.6 is 11.6 Å². The first-order valence-corrected chi connectivity index (χ1v) is 9.20. The quantitative estimate of drug-likeness (QED) is 0.434. The number of hydrogen-bond donors (Lipinski definition) is 1. The summed E-state index contributed by atoms with van der Waals surface area (Å²) in [6.07, 6.45) is 1.05. The lowest BCUT2D eigenvalue weighted by Crippen LogP contribution is -2.44. The molecule has 1 aliphatic rings. The molecule has 1 aliphatic heterocycles. The van der Waals surface area contributed by atoms with E-state index in [4.69, 9.17) is 16.3 Å². The van der Waals surface area contributed by atoms with Crippen molar-refractivity contribution in [3.05, 3.63) is 38.9 Å². The molecular formula is C18H22ClN3O6. The maximum absolute atomic E-state index is 12.2. The normalized spacial score (nSPS) is 19.0. The van der Waals surface area contributed by atoms with Crippen LogP contribution in [0.4, 0.5) is 5.69 Å². The summed E-state index contributed by atoms with van der Waals surface area (Å²) in [5.41, 5.74) is -0.427. The summed E-state index contributed by atoms with van der Waals surface area (Å²) >= 11 is 5.69. The standard InChI is InChI=1S/C18H22ClN3O6/c1-11-5-12(2)9-21(8-11)16(23)10-28-17(24)7-20-18(25)13-3-4-14(19)15(6-13)22(26)27/h3-4,6,11-12H,5,7-10H2,1-2H3,(H,20,25)/t11-,12+. The number of rotatable bonds is 6. The Hall–Kier alpha value is -2.68. The largest absolute Gasteiger partial charge is 0.454 e. The fraction of sp³-hybridized carbons (Fsp3) is 0.500. The number of piperidine rings is 1. The van der Waals surface area contributed by atoms with Crippen molar-refractivity contribution in [1.82, 2.24) is 10.2 Å². The Balaban J connectivity index is 1.80. The second-order valence-corrected chi connectivity index (χ2v) is 7.42. The van der Waals surface area contributed by atoms with Gasteiger partial charge in [-0.3, -0.25) is 24.5 Å². The third-order valence-corrected chi connectivity index (χ3v) is 4.70. The highest BCUT2D eigenvalue weighted by atomic mass is 35.5. The second-order valence-electron chi connectivity index (χ2n) is 7.01. The molecule has 0 bridgehead atoms. The Bertz CT molecular complexity index is 775. The zero-order chi connectivity index (χ0) is 20.8. The van der Waals surface area contributed by atoms with Crippen LogP contribution in [0.5, 0.6) is 0 Å². The summed E-state index contributed by atoms with van der Waals surface area (Å²) in [5, 5.41) is 13.1. The number of halogens is 1. The molecule has 0 saturated carbocycles. The van der Waals surface area contributed by atoms with Crippen molar-refractivity contribution in [3.8, 4) is 0 Å². The maximum atomic E-state index is 12.2. The highest BCUT2D eigenvalue weighted by molar-refractivity contribution is 6.32. The molecule has 10 heteroatoms. The fourth-order valence-electron chi connectivity index (χ4n) is 3.20. The van der Waals surface area contributed by atoms with Crippen molar-refractivity contribution in [3.63, 3.8) is 0 Å². The van der Waals surface area contributed by atoms with E-state index in [0.717, 1.165) is 12.5 Å². The molecule has 1 N–H and O–H groups in total. The number of amides is 2. The smallest absolute Gasteiger partial charge is 0.325 e. The molecule has 0 unspecified atom stereocenters. The lowest BCUT2D eigenvalue weighted by Gasteiger charge is -2.34. The van der Waals surface area contributed by atoms with Gasteiger partial charge in [0, 0.05) is 24.7 Å². The van der Waals surface area contributed by atoms with Gasteiger partial charge in [0.2, 0.25) is 0 Å². The number of carbonyl (C=O) groups excluding carboxylic acids is 3. The first kappa shape index (κ1) is 21.6. The minimum atomic E-state index is -0.775. The number of esters is 1. The summed E-state index contributed by atoms with van der Waals surface area (Å²) in [4.78, 5) is 47.8. The van der Waals surface area contributed by atoms with Crippen LogP contribution in [-0.2, 0) is 14.3 Å². The molecule has 2 atom stereocenters. The third-order valence-electron chi connectivity index (χ3n) is 4.38. The fourth-order valence-corrected chi connectivity index (χ4v) is 3.39. The Morgan fingerprint density at radius 3 is 2.54 bits per heavy atom. The first-order valence-electron chi connectivity index (χ1n) is 8.83. The van der Waals surface area contributed by atoms with E-state index in [1.165, 1.54) is 12.1 Å². The molecule has 0 spiro atoms. The van der Waals surface area contributed by atoms with E-state index in [1.807, 2.05) is 0 Å². The second kappa shape index (κ2) is 9.50. The van der Waals surface area contributed by atoms with E-state index in [0.29, 0.717) is 24.9 Å². The lowest BCUT2D eigenvalue weighted by atomic mass is 9.92. The van der Waals surface area contributed by atoms with Gasteiger partial charge in [-0.1, -0.05) is 25.4 Å². The number of hydrogen-bond acceptors (Lipinski definition) is 6. The van der Waals surface area contributed by atoms with Gasteiger partial charge in [-0.05, 0) is 30.4 Å². The van der Waals surface area contributed by atoms with E-state index in [-0.39, 0.29) is 23.1 Å². The van der Waals surface area contributed by atoms with E-state index in [9.17, 15) is 24.5 Å². The van der Waals surface area contributed by atoms with Gasteiger partial charge < -0.3 is 15.0 Å². The molecule has 28 heavy (non-hydrogen) atoms. The van der Waals surface area contributed by atoms with Crippen molar-refractivity contribution in [2.24, 2.45) is 11.8 Å². The van der Waals surface area contributed by atoms with Crippen LogP contribution in [0.15, 0.2) is 18.2 Å². The monoisotopic (exact) mass is 411 g/mol. The highest BCUT2D eigenvalue weighted by Gasteiger charge is 2.26. The molecule has 1 fully saturated rings. The zero-order valence-electron chi connectivity index (χ0n) is 15.6. The van der Waals surface area contributed by atoms with Gasteiger partial charge in [0.15, 0.2) is 6.61 Å². The predicted molar refractivity (Wildman–Crippen MR) is 101 cm³/mol. The van der Waals surface area contributed by atoms with Crippen molar-refractivity contribution in [2.75, 3.05) is 26.2 Å². The molecule has 1 heterocycles. The van der Waals surface area contributed by atoms with Gasteiger partial charge in [0.1, 0.15) is 11.6 Å². The van der Waals surface area contributed by atoms with E-state index in [1.54, 1.807) is 4.90 Å². The number of likely N-dealkylation sites (tertiary alicyclic amines) is 1. The van der Waals surface area contributed by atoms with E-state index < -0.39 is 29.0 Å². The van der Waals surface area contributed by atoms with Crippen LogP contribution in [-0.4, -0.2) is 53.8 Å². The number of nitrogens with zero attached hydrogens (tertiary/aromatic N) is 2. The number of ether oxygens (including phenoxy) is 1. The van der Waals surface area contributed by atoms with Crippen LogP contribution in [0, 0.1) is 22.0 Å². The maximum Gasteiger partial charge on any atom is 0.325 e. The first-order chi connectivity index (χ1) is 13.2. The molecule has 2 amide bonds. The van der Waals surface area contributed by atoms with Crippen molar-refractivity contribution < 1.29 is 24.0 Å². The van der Waals surface area contributed by atoms with Crippen LogP contribution < -0.4 is 5.32 Å². The number of nitro benzene ring substituents is 1. The average Bonchev–Trinajstić information content (AvgIpc) is 2.63. The molecule has 0 aromatic heterocycles. The Labute approximate surface area is 167 Å². The van der Waals surface area contributed by atoms with Gasteiger partial charge in [0.05, 0.1) is 4.92 Å². The summed E-state index contributed by atoms with van der Waals surface area (Å²) in [7, 11) is 0. The van der Waals surface area contributed by atoms with Crippen molar-refractivity contribution in [1.29, 1.82) is 0 Å². The van der Waals surface area contributed by atoms with Crippen molar-refractivity contribution in [2.45, 2.75) is 20.3 Å². The topological polar surface area (TPSA) is 119 Å². The van der Waals surface area contributed by atoms with Gasteiger partial charge in [-0.25, -0.2) is 0 Å². The number of benzene rings is 1. The molecule has 1 aromatic rings. The van der Waals surface area contributed by atoms with Crippen LogP contribution in [0.3, 0.4) is 0 Å². The molecule has 9 nitrogen and oxygen atoms in total. The highest BCUT2D eigenvalue weighted by Crippen LogP contribution is 2.25. The van der Waals surface area contributed by atoms with E-state index >= 15 is 0 Å². The summed E-state index contributed by atoms with van der Waals surface area (Å²) in [6.45, 7) is 4.55. The predicted octanol–water partition coefficient (Wildman–Crippen LogP) is 2.03. The lowest BCUT2D eigenvalue weighted by molar-refractivity contribution is -0.384. The Morgan fingerprint density at radius 2 is 1.93 bits per heavy atom. The van der Waals surface area contributed by atoms with Crippen LogP contribution in [0.2, 0.25) is 5.02 Å². The van der Waals surface area contributed by atoms with Gasteiger partial charge in [-0.15, -0.1) is 0 Å². The minimum absolute atomic E-state index is 0.0173. The average molecular weight is 412 g/mol. The number of nitro groups is 1. The number of carbonyl (C=O) groups is 3. The molecular weight excluding hydrogens is 390 g/mol. The molecule has 0 aliphatic carbocycles. The minimum Gasteiger partial charge on any atom is -0.454 e. The Morgan fingerprint density at radius 1 is 1.29 bits per heavy atom. The summed E-state index contributed by atoms with van der Waals surface area (Å²) in [6, 6.07) is 3.55. The van der Waals surface area contributed by atoms with E-state index in [2.05, 4.69) is 19.2 Å². The summed E-state index contributed by atoms with van der Waals surface area (Å²) < 4.78 is 4.92. The third kappa shape index (κ3) is 5.91. The summed E-state index contributed by atoms with van der Waals surface area (Å²) in [5.74, 6) is -0.950. The molecule has 2 rings (SSSR count). The van der Waals surface area contributed by atoms with Gasteiger partial charge in [-0.2, -0.15) is 0 Å².